The number of halogens is 1. The maximum atomic E-state index is 12.3. The highest BCUT2D eigenvalue weighted by atomic mass is 79.9. The van der Waals surface area contributed by atoms with E-state index in [1.54, 1.807) is 42.5 Å². The zero-order valence-corrected chi connectivity index (χ0v) is 17.5. The molecule has 3 rings (SSSR count). The number of carbonyl (C=O) groups excluding carboxylic acids is 1. The van der Waals surface area contributed by atoms with Crippen molar-refractivity contribution in [3.05, 3.63) is 74.4 Å². The zero-order valence-electron chi connectivity index (χ0n) is 15.9. The Labute approximate surface area is 179 Å². The van der Waals surface area contributed by atoms with Gasteiger partial charge in [0.25, 0.3) is 11.6 Å². The van der Waals surface area contributed by atoms with E-state index >= 15 is 0 Å². The summed E-state index contributed by atoms with van der Waals surface area (Å²) >= 11 is 3.22. The number of methoxy groups -OCH3 is 2. The van der Waals surface area contributed by atoms with Gasteiger partial charge in [-0.25, -0.2) is 5.43 Å². The third-order valence-electron chi connectivity index (χ3n) is 4.02. The highest BCUT2D eigenvalue weighted by Gasteiger charge is 2.18. The predicted octanol–water partition coefficient (Wildman–Crippen LogP) is 4.40. The van der Waals surface area contributed by atoms with Crippen molar-refractivity contribution in [3.63, 3.8) is 0 Å². The number of hydrogen-bond donors (Lipinski definition) is 1. The van der Waals surface area contributed by atoms with Gasteiger partial charge in [-0.15, -0.1) is 0 Å². The van der Waals surface area contributed by atoms with E-state index in [2.05, 4.69) is 26.5 Å². The van der Waals surface area contributed by atoms with E-state index in [4.69, 9.17) is 13.9 Å². The SMILES string of the molecule is COc1cc(OC)cc(C(=O)N/N=C\c2ccc(-c3ccc(Br)cc3[N+](=O)[O-])o2)c1. The maximum Gasteiger partial charge on any atom is 0.281 e. The Bertz CT molecular complexity index is 1100. The van der Waals surface area contributed by atoms with Crippen LogP contribution >= 0.6 is 15.9 Å². The number of hydrogen-bond acceptors (Lipinski definition) is 7. The first-order valence-electron chi connectivity index (χ1n) is 8.52. The monoisotopic (exact) mass is 473 g/mol. The van der Waals surface area contributed by atoms with Crippen LogP contribution in [0.4, 0.5) is 5.69 Å². The van der Waals surface area contributed by atoms with Gasteiger partial charge >= 0.3 is 0 Å². The number of furan rings is 1. The summed E-state index contributed by atoms with van der Waals surface area (Å²) in [4.78, 5) is 23.1. The molecule has 0 saturated heterocycles. The third kappa shape index (κ3) is 4.84. The molecular weight excluding hydrogens is 458 g/mol. The number of nitrogens with zero attached hydrogens (tertiary/aromatic N) is 2. The fourth-order valence-corrected chi connectivity index (χ4v) is 2.94. The van der Waals surface area contributed by atoms with Gasteiger partial charge in [-0.1, -0.05) is 15.9 Å². The quantitative estimate of drug-likeness (QED) is 0.308. The standard InChI is InChI=1S/C20H16BrN3O6/c1-28-15-7-12(8-16(10-15)29-2)20(25)23-22-11-14-4-6-19(30-14)17-5-3-13(21)9-18(17)24(26)27/h3-11H,1-2H3,(H,23,25)/b22-11-. The second-order valence-electron chi connectivity index (χ2n) is 5.92. The average molecular weight is 474 g/mol. The Morgan fingerprint density at radius 3 is 2.47 bits per heavy atom. The molecule has 154 valence electrons. The van der Waals surface area contributed by atoms with Crippen LogP contribution in [-0.4, -0.2) is 31.3 Å². The molecule has 0 bridgehead atoms. The lowest BCUT2D eigenvalue weighted by molar-refractivity contribution is -0.384. The minimum Gasteiger partial charge on any atom is -0.497 e. The molecule has 0 aliphatic rings. The Hall–Kier alpha value is -3.66. The van der Waals surface area contributed by atoms with E-state index in [1.165, 1.54) is 26.5 Å². The topological polar surface area (TPSA) is 116 Å². The van der Waals surface area contributed by atoms with Gasteiger partial charge in [-0.3, -0.25) is 14.9 Å². The van der Waals surface area contributed by atoms with Crippen LogP contribution in [0.1, 0.15) is 16.1 Å². The van der Waals surface area contributed by atoms with Gasteiger partial charge in [-0.2, -0.15) is 5.10 Å². The number of benzene rings is 2. The summed E-state index contributed by atoms with van der Waals surface area (Å²) in [5.74, 6) is 1.08. The molecule has 0 radical (unpaired) electrons. The van der Waals surface area contributed by atoms with E-state index in [-0.39, 0.29) is 5.69 Å². The summed E-state index contributed by atoms with van der Waals surface area (Å²) in [6.07, 6.45) is 1.30. The third-order valence-corrected chi connectivity index (χ3v) is 4.51. The molecule has 10 heteroatoms. The first-order chi connectivity index (χ1) is 14.4. The van der Waals surface area contributed by atoms with E-state index in [1.807, 2.05) is 0 Å². The molecule has 0 aliphatic heterocycles. The number of rotatable bonds is 7. The molecule has 0 saturated carbocycles. The molecule has 3 aromatic rings. The predicted molar refractivity (Wildman–Crippen MR) is 113 cm³/mol. The molecule has 0 fully saturated rings. The number of nitro groups is 1. The highest BCUT2D eigenvalue weighted by Crippen LogP contribution is 2.33. The Morgan fingerprint density at radius 2 is 1.83 bits per heavy atom. The summed E-state index contributed by atoms with van der Waals surface area (Å²) in [6.45, 7) is 0. The summed E-state index contributed by atoms with van der Waals surface area (Å²) < 4.78 is 16.5. The molecule has 0 unspecified atom stereocenters. The molecule has 0 spiro atoms. The second-order valence-corrected chi connectivity index (χ2v) is 6.84. The first kappa shape index (κ1) is 21.1. The van der Waals surface area contributed by atoms with Crippen molar-refractivity contribution in [2.24, 2.45) is 5.10 Å². The van der Waals surface area contributed by atoms with Crippen LogP contribution in [0, 0.1) is 10.1 Å². The van der Waals surface area contributed by atoms with Crippen molar-refractivity contribution in [2.75, 3.05) is 14.2 Å². The Morgan fingerprint density at radius 1 is 1.13 bits per heavy atom. The summed E-state index contributed by atoms with van der Waals surface area (Å²) in [6, 6.07) is 12.6. The van der Waals surface area contributed by atoms with Crippen LogP contribution in [0.3, 0.4) is 0 Å². The lowest BCUT2D eigenvalue weighted by Crippen LogP contribution is -2.17. The molecule has 1 amide bonds. The molecule has 9 nitrogen and oxygen atoms in total. The minimum atomic E-state index is -0.487. The lowest BCUT2D eigenvalue weighted by atomic mass is 10.1. The van der Waals surface area contributed by atoms with Gasteiger partial charge < -0.3 is 13.9 Å². The van der Waals surface area contributed by atoms with Gasteiger partial charge in [0.1, 0.15) is 23.0 Å². The Kier molecular flexibility index (Phi) is 6.48. The normalized spacial score (nSPS) is 10.8. The maximum absolute atomic E-state index is 12.3. The molecule has 0 aliphatic carbocycles. The van der Waals surface area contributed by atoms with Crippen LogP contribution in [0.2, 0.25) is 0 Å². The fraction of sp³-hybridized carbons (Fsp3) is 0.100. The fourth-order valence-electron chi connectivity index (χ4n) is 2.59. The van der Waals surface area contributed by atoms with Crippen LogP contribution in [0.25, 0.3) is 11.3 Å². The lowest BCUT2D eigenvalue weighted by Gasteiger charge is -2.07. The van der Waals surface area contributed by atoms with Crippen molar-refractivity contribution in [2.45, 2.75) is 0 Å². The largest absolute Gasteiger partial charge is 0.497 e. The van der Waals surface area contributed by atoms with Crippen molar-refractivity contribution >= 4 is 33.7 Å². The smallest absolute Gasteiger partial charge is 0.281 e. The van der Waals surface area contributed by atoms with E-state index in [0.29, 0.717) is 38.6 Å². The highest BCUT2D eigenvalue weighted by molar-refractivity contribution is 9.10. The average Bonchev–Trinajstić information content (AvgIpc) is 3.21. The number of ether oxygens (including phenoxy) is 2. The van der Waals surface area contributed by atoms with Crippen molar-refractivity contribution in [1.82, 2.24) is 5.43 Å². The summed E-state index contributed by atoms with van der Waals surface area (Å²) in [7, 11) is 2.97. The van der Waals surface area contributed by atoms with Crippen molar-refractivity contribution in [3.8, 4) is 22.8 Å². The van der Waals surface area contributed by atoms with E-state index < -0.39 is 10.8 Å². The number of amides is 1. The molecule has 2 aromatic carbocycles. The Balaban J connectivity index is 1.74. The van der Waals surface area contributed by atoms with Gasteiger partial charge in [0.2, 0.25) is 0 Å². The van der Waals surface area contributed by atoms with Crippen molar-refractivity contribution in [1.29, 1.82) is 0 Å². The minimum absolute atomic E-state index is 0.0949. The van der Waals surface area contributed by atoms with Gasteiger partial charge in [-0.05, 0) is 36.4 Å². The number of hydrazone groups is 1. The molecule has 1 aromatic heterocycles. The van der Waals surface area contributed by atoms with Gasteiger partial charge in [0.15, 0.2) is 0 Å². The number of nitrogens with one attached hydrogen (secondary N) is 1. The number of nitro benzene ring substituents is 1. The van der Waals surface area contributed by atoms with Crippen LogP contribution < -0.4 is 14.9 Å². The van der Waals surface area contributed by atoms with Crippen LogP contribution in [0.5, 0.6) is 11.5 Å². The molecular formula is C20H16BrN3O6. The van der Waals surface area contributed by atoms with Crippen LogP contribution in [0.15, 0.2) is 62.5 Å². The second kappa shape index (κ2) is 9.23. The van der Waals surface area contributed by atoms with Gasteiger partial charge in [0.05, 0.1) is 30.9 Å². The van der Waals surface area contributed by atoms with Crippen LogP contribution in [-0.2, 0) is 0 Å². The molecule has 1 heterocycles. The zero-order chi connectivity index (χ0) is 21.7. The first-order valence-corrected chi connectivity index (χ1v) is 9.31. The molecule has 30 heavy (non-hydrogen) atoms. The molecule has 1 N–H and O–H groups in total. The van der Waals surface area contributed by atoms with Crippen molar-refractivity contribution < 1.29 is 23.6 Å². The van der Waals surface area contributed by atoms with Gasteiger partial charge in [0, 0.05) is 22.2 Å². The summed E-state index contributed by atoms with van der Waals surface area (Å²) in [5, 5.41) is 15.1. The molecule has 0 atom stereocenters. The summed E-state index contributed by atoms with van der Waals surface area (Å²) in [5.41, 5.74) is 2.92. The van der Waals surface area contributed by atoms with E-state index in [9.17, 15) is 14.9 Å². The van der Waals surface area contributed by atoms with E-state index in [0.717, 1.165) is 0 Å². The number of carbonyl (C=O) groups is 1.